The molecule has 2 rings (SSSR count). The lowest BCUT2D eigenvalue weighted by molar-refractivity contribution is 0.0175. The van der Waals surface area contributed by atoms with Crippen molar-refractivity contribution in [2.75, 3.05) is 11.9 Å². The summed E-state index contributed by atoms with van der Waals surface area (Å²) in [5.74, 6) is 0.967. The van der Waals surface area contributed by atoms with Crippen LogP contribution in [0, 0.1) is 5.92 Å². The van der Waals surface area contributed by atoms with Crippen LogP contribution in [0.5, 0.6) is 0 Å². The molecule has 0 spiro atoms. The highest BCUT2D eigenvalue weighted by Gasteiger charge is 2.27. The molecule has 0 radical (unpaired) electrons. The summed E-state index contributed by atoms with van der Waals surface area (Å²) in [4.78, 5) is 8.53. The third-order valence-corrected chi connectivity index (χ3v) is 4.38. The Morgan fingerprint density at radius 1 is 1.40 bits per heavy atom. The van der Waals surface area contributed by atoms with E-state index in [1.165, 1.54) is 6.33 Å². The van der Waals surface area contributed by atoms with Gasteiger partial charge in [-0.25, -0.2) is 9.97 Å². The van der Waals surface area contributed by atoms with Gasteiger partial charge < -0.3 is 10.4 Å². The first-order valence-electron chi connectivity index (χ1n) is 6.80. The van der Waals surface area contributed by atoms with E-state index < -0.39 is 5.60 Å². The van der Waals surface area contributed by atoms with Crippen LogP contribution >= 0.6 is 15.9 Å². The Morgan fingerprint density at radius 2 is 2.15 bits per heavy atom. The molecule has 5 heteroatoms. The van der Waals surface area contributed by atoms with Crippen LogP contribution in [0.4, 0.5) is 5.82 Å². The van der Waals surface area contributed by atoms with Gasteiger partial charge in [0.2, 0.25) is 0 Å². The number of halogens is 1. The monoisotopic (exact) mass is 337 g/mol. The van der Waals surface area contributed by atoms with Gasteiger partial charge in [0.15, 0.2) is 0 Å². The van der Waals surface area contributed by atoms with Crippen LogP contribution in [0.15, 0.2) is 29.0 Å². The van der Waals surface area contributed by atoms with E-state index >= 15 is 0 Å². The number of hydrogen-bond acceptors (Lipinski definition) is 4. The molecule has 0 bridgehead atoms. The first kappa shape index (κ1) is 15.2. The Bertz CT molecular complexity index is 601. The lowest BCUT2D eigenvalue weighted by atomic mass is 9.88. The zero-order chi connectivity index (χ0) is 14.8. The summed E-state index contributed by atoms with van der Waals surface area (Å²) < 4.78 is 0.983. The zero-order valence-electron chi connectivity index (χ0n) is 12.0. The van der Waals surface area contributed by atoms with E-state index in [1.807, 2.05) is 25.1 Å². The maximum absolute atomic E-state index is 10.5. The van der Waals surface area contributed by atoms with E-state index in [0.29, 0.717) is 6.54 Å². The van der Waals surface area contributed by atoms with Crippen molar-refractivity contribution in [2.24, 2.45) is 5.92 Å². The smallest absolute Gasteiger partial charge is 0.137 e. The van der Waals surface area contributed by atoms with Crippen molar-refractivity contribution in [1.82, 2.24) is 9.97 Å². The molecule has 2 atom stereocenters. The predicted octanol–water partition coefficient (Wildman–Crippen LogP) is 3.60. The average molecular weight is 338 g/mol. The van der Waals surface area contributed by atoms with Gasteiger partial charge in [-0.3, -0.25) is 0 Å². The number of aliphatic hydroxyl groups is 1. The van der Waals surface area contributed by atoms with Gasteiger partial charge in [0.05, 0.1) is 11.1 Å². The highest BCUT2D eigenvalue weighted by atomic mass is 79.9. The van der Waals surface area contributed by atoms with E-state index in [1.54, 1.807) is 0 Å². The molecule has 2 aromatic rings. The van der Waals surface area contributed by atoms with Crippen LogP contribution in [-0.4, -0.2) is 27.2 Å². The summed E-state index contributed by atoms with van der Waals surface area (Å²) in [7, 11) is 0. The minimum absolute atomic E-state index is 0.217. The number of anilines is 1. The van der Waals surface area contributed by atoms with Gasteiger partial charge in [-0.05, 0) is 31.0 Å². The van der Waals surface area contributed by atoms with E-state index in [-0.39, 0.29) is 5.92 Å². The Morgan fingerprint density at radius 3 is 2.85 bits per heavy atom. The number of benzene rings is 1. The highest BCUT2D eigenvalue weighted by molar-refractivity contribution is 9.10. The molecule has 0 aliphatic heterocycles. The first-order valence-corrected chi connectivity index (χ1v) is 7.60. The summed E-state index contributed by atoms with van der Waals surface area (Å²) in [5, 5.41) is 14.7. The second-order valence-electron chi connectivity index (χ2n) is 5.40. The molecule has 0 saturated heterocycles. The molecule has 1 aromatic carbocycles. The molecule has 0 aliphatic carbocycles. The third kappa shape index (κ3) is 3.27. The number of hydrogen-bond donors (Lipinski definition) is 2. The number of nitrogens with zero attached hydrogens (tertiary/aromatic N) is 2. The fourth-order valence-electron chi connectivity index (χ4n) is 2.05. The molecule has 2 N–H and O–H groups in total. The fourth-order valence-corrected chi connectivity index (χ4v) is 2.41. The van der Waals surface area contributed by atoms with E-state index in [4.69, 9.17) is 0 Å². The largest absolute Gasteiger partial charge is 0.388 e. The standard InChI is InChI=1S/C15H20BrN3O/c1-4-10(2)15(3,20)8-17-14-12-7-11(16)5-6-13(12)18-9-19-14/h5-7,9-10,20H,4,8H2,1-3H3,(H,17,18,19). The van der Waals surface area contributed by atoms with E-state index in [2.05, 4.69) is 45.1 Å². The molecule has 1 aromatic heterocycles. The molecule has 108 valence electrons. The van der Waals surface area contributed by atoms with Crippen molar-refractivity contribution in [3.63, 3.8) is 0 Å². The van der Waals surface area contributed by atoms with E-state index in [9.17, 15) is 5.11 Å². The molecule has 1 heterocycles. The van der Waals surface area contributed by atoms with Gasteiger partial charge in [0.1, 0.15) is 12.1 Å². The Labute approximate surface area is 127 Å². The van der Waals surface area contributed by atoms with Crippen LogP contribution in [-0.2, 0) is 0 Å². The molecular formula is C15H20BrN3O. The second-order valence-corrected chi connectivity index (χ2v) is 6.32. The molecule has 2 unspecified atom stereocenters. The topological polar surface area (TPSA) is 58.0 Å². The molecule has 0 aliphatic rings. The third-order valence-electron chi connectivity index (χ3n) is 3.89. The minimum Gasteiger partial charge on any atom is -0.388 e. The van der Waals surface area contributed by atoms with E-state index in [0.717, 1.165) is 27.6 Å². The van der Waals surface area contributed by atoms with Gasteiger partial charge >= 0.3 is 0 Å². The van der Waals surface area contributed by atoms with Gasteiger partial charge in [-0.15, -0.1) is 0 Å². The number of rotatable bonds is 5. The first-order chi connectivity index (χ1) is 9.44. The van der Waals surface area contributed by atoms with Crippen LogP contribution < -0.4 is 5.32 Å². The lowest BCUT2D eigenvalue weighted by Gasteiger charge is -2.30. The van der Waals surface area contributed by atoms with Crippen molar-refractivity contribution in [1.29, 1.82) is 0 Å². The summed E-state index contributed by atoms with van der Waals surface area (Å²) in [6, 6.07) is 5.88. The Hall–Kier alpha value is -1.20. The van der Waals surface area contributed by atoms with Crippen molar-refractivity contribution in [2.45, 2.75) is 32.8 Å². The number of nitrogens with one attached hydrogen (secondary N) is 1. The maximum Gasteiger partial charge on any atom is 0.137 e. The SMILES string of the molecule is CCC(C)C(C)(O)CNc1ncnc2ccc(Br)cc12. The summed E-state index contributed by atoms with van der Waals surface area (Å²) in [6.45, 7) is 6.45. The van der Waals surface area contributed by atoms with Gasteiger partial charge in [0.25, 0.3) is 0 Å². The van der Waals surface area contributed by atoms with Crippen LogP contribution in [0.2, 0.25) is 0 Å². The minimum atomic E-state index is -0.766. The van der Waals surface area contributed by atoms with Gasteiger partial charge in [0, 0.05) is 16.4 Å². The van der Waals surface area contributed by atoms with Gasteiger partial charge in [-0.2, -0.15) is 0 Å². The molecule has 20 heavy (non-hydrogen) atoms. The Balaban J connectivity index is 2.24. The molecule has 4 nitrogen and oxygen atoms in total. The van der Waals surface area contributed by atoms with Crippen LogP contribution in [0.1, 0.15) is 27.2 Å². The maximum atomic E-state index is 10.5. The van der Waals surface area contributed by atoms with Crippen LogP contribution in [0.3, 0.4) is 0 Å². The van der Waals surface area contributed by atoms with Crippen LogP contribution in [0.25, 0.3) is 10.9 Å². The molecule has 0 fully saturated rings. The summed E-state index contributed by atoms with van der Waals surface area (Å²) >= 11 is 3.46. The average Bonchev–Trinajstić information content (AvgIpc) is 2.44. The summed E-state index contributed by atoms with van der Waals surface area (Å²) in [5.41, 5.74) is 0.117. The molecule has 0 saturated carbocycles. The lowest BCUT2D eigenvalue weighted by Crippen LogP contribution is -2.40. The quantitative estimate of drug-likeness (QED) is 0.875. The van der Waals surface area contributed by atoms with Crippen molar-refractivity contribution < 1.29 is 5.11 Å². The fraction of sp³-hybridized carbons (Fsp3) is 0.467. The number of aromatic nitrogens is 2. The zero-order valence-corrected chi connectivity index (χ0v) is 13.6. The van der Waals surface area contributed by atoms with Crippen molar-refractivity contribution in [3.8, 4) is 0 Å². The highest BCUT2D eigenvalue weighted by Crippen LogP contribution is 2.25. The molecular weight excluding hydrogens is 318 g/mol. The number of fused-ring (bicyclic) bond motifs is 1. The summed E-state index contributed by atoms with van der Waals surface area (Å²) in [6.07, 6.45) is 2.47. The van der Waals surface area contributed by atoms with Crippen molar-refractivity contribution in [3.05, 3.63) is 29.0 Å². The predicted molar refractivity (Wildman–Crippen MR) is 85.8 cm³/mol. The molecule has 0 amide bonds. The normalized spacial score (nSPS) is 15.8. The van der Waals surface area contributed by atoms with Gasteiger partial charge in [-0.1, -0.05) is 36.2 Å². The Kier molecular flexibility index (Phi) is 4.60. The second kappa shape index (κ2) is 6.06. The van der Waals surface area contributed by atoms with Crippen molar-refractivity contribution >= 4 is 32.7 Å².